The minimum absolute atomic E-state index is 0.296. The Morgan fingerprint density at radius 2 is 2.06 bits per heavy atom. The van der Waals surface area contributed by atoms with Gasteiger partial charge in [0.2, 0.25) is 0 Å². The van der Waals surface area contributed by atoms with Crippen LogP contribution in [0.25, 0.3) is 0 Å². The van der Waals surface area contributed by atoms with Crippen LogP contribution in [0, 0.1) is 0 Å². The van der Waals surface area contributed by atoms with E-state index in [1.165, 1.54) is 5.56 Å². The number of morpholine rings is 1. The van der Waals surface area contributed by atoms with Crippen molar-refractivity contribution in [3.05, 3.63) is 29.8 Å². The number of hydrogen-bond acceptors (Lipinski definition) is 3. The van der Waals surface area contributed by atoms with Gasteiger partial charge in [0, 0.05) is 6.04 Å². The molecule has 0 aromatic heterocycles. The molecule has 2 atom stereocenters. The molecule has 3 heteroatoms. The average molecular weight is 235 g/mol. The highest BCUT2D eigenvalue weighted by molar-refractivity contribution is 5.27. The van der Waals surface area contributed by atoms with Crippen LogP contribution >= 0.6 is 0 Å². The van der Waals surface area contributed by atoms with Gasteiger partial charge in [-0.15, -0.1) is 0 Å². The molecule has 2 rings (SSSR count). The van der Waals surface area contributed by atoms with Crippen molar-refractivity contribution in [2.24, 2.45) is 0 Å². The quantitative estimate of drug-likeness (QED) is 0.866. The Hall–Kier alpha value is -1.06. The van der Waals surface area contributed by atoms with E-state index in [-0.39, 0.29) is 0 Å². The first-order chi connectivity index (χ1) is 8.28. The first-order valence-corrected chi connectivity index (χ1v) is 6.33. The van der Waals surface area contributed by atoms with E-state index in [1.54, 1.807) is 0 Å². The van der Waals surface area contributed by atoms with Gasteiger partial charge in [-0.3, -0.25) is 0 Å². The van der Waals surface area contributed by atoms with Crippen LogP contribution in [0.5, 0.6) is 5.75 Å². The van der Waals surface area contributed by atoms with Gasteiger partial charge < -0.3 is 14.8 Å². The highest BCUT2D eigenvalue weighted by atomic mass is 16.5. The summed E-state index contributed by atoms with van der Waals surface area (Å²) in [5.74, 6) is 0.933. The Labute approximate surface area is 103 Å². The maximum absolute atomic E-state index is 5.75. The van der Waals surface area contributed by atoms with Crippen molar-refractivity contribution < 1.29 is 9.47 Å². The second-order valence-electron chi connectivity index (χ2n) is 4.61. The summed E-state index contributed by atoms with van der Waals surface area (Å²) in [6.07, 6.45) is 1.07. The molecule has 0 aliphatic carbocycles. The van der Waals surface area contributed by atoms with Crippen molar-refractivity contribution in [3.8, 4) is 5.75 Å². The Morgan fingerprint density at radius 1 is 1.29 bits per heavy atom. The summed E-state index contributed by atoms with van der Waals surface area (Å²) < 4.78 is 11.2. The second-order valence-corrected chi connectivity index (χ2v) is 4.61. The van der Waals surface area contributed by atoms with Crippen LogP contribution in [-0.2, 0) is 11.2 Å². The lowest BCUT2D eigenvalue weighted by molar-refractivity contribution is 0.0353. The fourth-order valence-electron chi connectivity index (χ4n) is 2.00. The third-order valence-electron chi connectivity index (χ3n) is 2.99. The van der Waals surface area contributed by atoms with Crippen molar-refractivity contribution >= 4 is 0 Å². The molecule has 2 unspecified atom stereocenters. The number of benzene rings is 1. The van der Waals surface area contributed by atoms with E-state index < -0.39 is 0 Å². The first-order valence-electron chi connectivity index (χ1n) is 6.33. The van der Waals surface area contributed by atoms with E-state index >= 15 is 0 Å². The Bertz CT molecular complexity index is 337. The summed E-state index contributed by atoms with van der Waals surface area (Å²) in [5, 5.41) is 3.46. The molecule has 0 saturated carbocycles. The zero-order chi connectivity index (χ0) is 12.1. The zero-order valence-corrected chi connectivity index (χ0v) is 10.6. The number of ether oxygens (including phenoxy) is 2. The maximum Gasteiger partial charge on any atom is 0.119 e. The van der Waals surface area contributed by atoms with Gasteiger partial charge in [0.15, 0.2) is 0 Å². The Balaban J connectivity index is 1.80. The molecule has 0 bridgehead atoms. The van der Waals surface area contributed by atoms with Crippen molar-refractivity contribution in [1.29, 1.82) is 0 Å². The van der Waals surface area contributed by atoms with Gasteiger partial charge in [-0.25, -0.2) is 0 Å². The van der Waals surface area contributed by atoms with Crippen LogP contribution < -0.4 is 10.1 Å². The largest absolute Gasteiger partial charge is 0.492 e. The summed E-state index contributed by atoms with van der Waals surface area (Å²) in [7, 11) is 0. The highest BCUT2D eigenvalue weighted by Crippen LogP contribution is 2.13. The lowest BCUT2D eigenvalue weighted by Gasteiger charge is -2.28. The number of hydrogen-bond donors (Lipinski definition) is 1. The van der Waals surface area contributed by atoms with E-state index in [9.17, 15) is 0 Å². The Kier molecular flexibility index (Phi) is 4.40. The summed E-state index contributed by atoms with van der Waals surface area (Å²) in [6, 6.07) is 9.01. The molecule has 94 valence electrons. The Morgan fingerprint density at radius 3 is 2.71 bits per heavy atom. The van der Waals surface area contributed by atoms with Crippen LogP contribution in [0.2, 0.25) is 0 Å². The van der Waals surface area contributed by atoms with Crippen LogP contribution in [0.4, 0.5) is 0 Å². The molecular formula is C14H21NO2. The summed E-state index contributed by atoms with van der Waals surface area (Å²) in [5.41, 5.74) is 1.34. The molecule has 1 aromatic rings. The van der Waals surface area contributed by atoms with Crippen molar-refractivity contribution in [2.75, 3.05) is 19.8 Å². The topological polar surface area (TPSA) is 30.5 Å². The van der Waals surface area contributed by atoms with E-state index in [2.05, 4.69) is 31.3 Å². The smallest absolute Gasteiger partial charge is 0.119 e. The normalized spacial score (nSPS) is 24.6. The summed E-state index contributed by atoms with van der Waals surface area (Å²) in [6.45, 7) is 6.47. The molecule has 0 amide bonds. The summed E-state index contributed by atoms with van der Waals surface area (Å²) in [4.78, 5) is 0. The molecule has 1 saturated heterocycles. The zero-order valence-electron chi connectivity index (χ0n) is 10.6. The van der Waals surface area contributed by atoms with E-state index in [1.807, 2.05) is 12.1 Å². The standard InChI is InChI=1S/C14H21NO2/c1-3-12-4-6-14(7-5-12)17-10-13-9-16-8-11(2)15-13/h4-7,11,13,15H,3,8-10H2,1-2H3. The molecule has 1 aliphatic rings. The minimum Gasteiger partial charge on any atom is -0.492 e. The third-order valence-corrected chi connectivity index (χ3v) is 2.99. The molecule has 1 fully saturated rings. The van der Waals surface area contributed by atoms with Crippen LogP contribution in [-0.4, -0.2) is 31.9 Å². The third kappa shape index (κ3) is 3.72. The van der Waals surface area contributed by atoms with Crippen LogP contribution in [0.3, 0.4) is 0 Å². The fourth-order valence-corrected chi connectivity index (χ4v) is 2.00. The molecule has 0 radical (unpaired) electrons. The fraction of sp³-hybridized carbons (Fsp3) is 0.571. The summed E-state index contributed by atoms with van der Waals surface area (Å²) >= 11 is 0. The number of rotatable bonds is 4. The van der Waals surface area contributed by atoms with Gasteiger partial charge in [-0.05, 0) is 31.0 Å². The molecule has 17 heavy (non-hydrogen) atoms. The minimum atomic E-state index is 0.296. The average Bonchev–Trinajstić information content (AvgIpc) is 2.37. The molecule has 1 N–H and O–H groups in total. The monoisotopic (exact) mass is 235 g/mol. The number of nitrogens with one attached hydrogen (secondary N) is 1. The predicted octanol–water partition coefficient (Wildman–Crippen LogP) is 2.00. The van der Waals surface area contributed by atoms with E-state index in [4.69, 9.17) is 9.47 Å². The molecule has 1 aromatic carbocycles. The maximum atomic E-state index is 5.75. The van der Waals surface area contributed by atoms with Crippen molar-refractivity contribution in [3.63, 3.8) is 0 Å². The lowest BCUT2D eigenvalue weighted by Crippen LogP contribution is -2.50. The second kappa shape index (κ2) is 6.03. The van der Waals surface area contributed by atoms with Gasteiger partial charge in [0.25, 0.3) is 0 Å². The molecule has 3 nitrogen and oxygen atoms in total. The van der Waals surface area contributed by atoms with Gasteiger partial charge in [-0.1, -0.05) is 19.1 Å². The van der Waals surface area contributed by atoms with Crippen LogP contribution in [0.15, 0.2) is 24.3 Å². The first kappa shape index (κ1) is 12.4. The van der Waals surface area contributed by atoms with E-state index in [0.29, 0.717) is 18.7 Å². The molecular weight excluding hydrogens is 214 g/mol. The molecule has 1 aliphatic heterocycles. The van der Waals surface area contributed by atoms with Crippen LogP contribution in [0.1, 0.15) is 19.4 Å². The van der Waals surface area contributed by atoms with Gasteiger partial charge in [-0.2, -0.15) is 0 Å². The molecule has 1 heterocycles. The number of aryl methyl sites for hydroxylation is 1. The van der Waals surface area contributed by atoms with Gasteiger partial charge in [0.1, 0.15) is 12.4 Å². The SMILES string of the molecule is CCc1ccc(OCC2COCC(C)N2)cc1. The predicted molar refractivity (Wildman–Crippen MR) is 68.5 cm³/mol. The van der Waals surface area contributed by atoms with Crippen molar-refractivity contribution in [2.45, 2.75) is 32.4 Å². The lowest BCUT2D eigenvalue weighted by atomic mass is 10.2. The van der Waals surface area contributed by atoms with Gasteiger partial charge in [0.05, 0.1) is 19.3 Å². The van der Waals surface area contributed by atoms with E-state index in [0.717, 1.165) is 25.4 Å². The highest BCUT2D eigenvalue weighted by Gasteiger charge is 2.18. The van der Waals surface area contributed by atoms with Gasteiger partial charge >= 0.3 is 0 Å². The molecule has 0 spiro atoms. The van der Waals surface area contributed by atoms with Crippen molar-refractivity contribution in [1.82, 2.24) is 5.32 Å².